The number of aromatic nitrogens is 4. The molecule has 32 heavy (non-hydrogen) atoms. The Balaban J connectivity index is 1.32. The van der Waals surface area contributed by atoms with E-state index in [-0.39, 0.29) is 5.91 Å². The van der Waals surface area contributed by atoms with Gasteiger partial charge in [-0.15, -0.1) is 0 Å². The van der Waals surface area contributed by atoms with Crippen LogP contribution in [0.15, 0.2) is 55.0 Å². The maximum Gasteiger partial charge on any atom is 0.451 e. The Bertz CT molecular complexity index is 1310. The number of benzene rings is 1. The van der Waals surface area contributed by atoms with Gasteiger partial charge in [-0.2, -0.15) is 13.2 Å². The van der Waals surface area contributed by atoms with Gasteiger partial charge in [-0.3, -0.25) is 4.79 Å². The highest BCUT2D eigenvalue weighted by atomic mass is 19.4. The van der Waals surface area contributed by atoms with Crippen molar-refractivity contribution in [3.63, 3.8) is 0 Å². The second-order valence-electron chi connectivity index (χ2n) is 7.83. The molecule has 1 aliphatic rings. The highest BCUT2D eigenvalue weighted by molar-refractivity contribution is 6.04. The zero-order valence-corrected chi connectivity index (χ0v) is 17.0. The van der Waals surface area contributed by atoms with Gasteiger partial charge in [-0.05, 0) is 49.6 Å². The van der Waals surface area contributed by atoms with E-state index < -0.39 is 12.0 Å². The number of hydrogen-bond acceptors (Lipinski definition) is 4. The zero-order valence-electron chi connectivity index (χ0n) is 17.0. The molecule has 0 radical (unpaired) electrons. The molecule has 0 bridgehead atoms. The van der Waals surface area contributed by atoms with Gasteiger partial charge < -0.3 is 9.72 Å². The van der Waals surface area contributed by atoms with Crippen molar-refractivity contribution < 1.29 is 18.0 Å². The first-order valence-electron chi connectivity index (χ1n) is 10.1. The van der Waals surface area contributed by atoms with Crippen LogP contribution in [0.2, 0.25) is 0 Å². The van der Waals surface area contributed by atoms with Crippen LogP contribution in [0.4, 0.5) is 18.9 Å². The molecule has 3 aromatic heterocycles. The first kappa shape index (κ1) is 20.2. The molecule has 4 aromatic rings. The summed E-state index contributed by atoms with van der Waals surface area (Å²) in [4.78, 5) is 24.1. The highest BCUT2D eigenvalue weighted by Gasteiger charge is 2.34. The number of rotatable bonds is 4. The van der Waals surface area contributed by atoms with E-state index in [2.05, 4.69) is 20.3 Å². The molecule has 5 rings (SSSR count). The van der Waals surface area contributed by atoms with E-state index >= 15 is 0 Å². The summed E-state index contributed by atoms with van der Waals surface area (Å²) in [6, 6.07) is 10.2. The Labute approximate surface area is 181 Å². The number of fused-ring (bicyclic) bond motifs is 1. The van der Waals surface area contributed by atoms with E-state index in [0.717, 1.165) is 29.4 Å². The molecule has 1 aromatic carbocycles. The molecule has 0 unspecified atom stereocenters. The van der Waals surface area contributed by atoms with Crippen LogP contribution in [-0.2, 0) is 6.18 Å². The predicted molar refractivity (Wildman–Crippen MR) is 112 cm³/mol. The van der Waals surface area contributed by atoms with Gasteiger partial charge in [0, 0.05) is 41.3 Å². The number of aryl methyl sites for hydroxylation is 1. The number of pyridine rings is 1. The van der Waals surface area contributed by atoms with Gasteiger partial charge in [0.15, 0.2) is 0 Å². The second-order valence-corrected chi connectivity index (χ2v) is 7.83. The lowest BCUT2D eigenvalue weighted by molar-refractivity contribution is -0.144. The Morgan fingerprint density at radius 1 is 1.03 bits per heavy atom. The third-order valence-corrected chi connectivity index (χ3v) is 5.50. The SMILES string of the molecule is Cc1c(C2CC2)nc2ccc(NC(=O)c3ccc(-c4cnc(C(F)(F)F)nc4)cc3)cn12. The third-order valence-electron chi connectivity index (χ3n) is 5.50. The second kappa shape index (κ2) is 7.44. The van der Waals surface area contributed by atoms with Crippen molar-refractivity contribution in [2.45, 2.75) is 31.9 Å². The first-order chi connectivity index (χ1) is 15.3. The molecule has 1 saturated carbocycles. The largest absolute Gasteiger partial charge is 0.451 e. The van der Waals surface area contributed by atoms with Crippen molar-refractivity contribution in [3.8, 4) is 11.1 Å². The molecule has 9 heteroatoms. The van der Waals surface area contributed by atoms with Crippen molar-refractivity contribution in [1.82, 2.24) is 19.4 Å². The number of nitrogens with one attached hydrogen (secondary N) is 1. The molecule has 1 fully saturated rings. The van der Waals surface area contributed by atoms with Crippen molar-refractivity contribution in [3.05, 3.63) is 77.8 Å². The van der Waals surface area contributed by atoms with Crippen LogP contribution >= 0.6 is 0 Å². The summed E-state index contributed by atoms with van der Waals surface area (Å²) in [5, 5.41) is 2.88. The minimum atomic E-state index is -4.59. The number of anilines is 1. The smallest absolute Gasteiger partial charge is 0.321 e. The number of nitrogens with zero attached hydrogens (tertiary/aromatic N) is 4. The fourth-order valence-corrected chi connectivity index (χ4v) is 3.64. The molecule has 3 heterocycles. The van der Waals surface area contributed by atoms with Gasteiger partial charge in [0.05, 0.1) is 11.4 Å². The minimum absolute atomic E-state index is 0.292. The average Bonchev–Trinajstić information content (AvgIpc) is 3.57. The summed E-state index contributed by atoms with van der Waals surface area (Å²) >= 11 is 0. The third kappa shape index (κ3) is 3.81. The first-order valence-corrected chi connectivity index (χ1v) is 10.1. The van der Waals surface area contributed by atoms with Gasteiger partial charge in [0.2, 0.25) is 5.82 Å². The number of amides is 1. The van der Waals surface area contributed by atoms with Gasteiger partial charge in [0.25, 0.3) is 5.91 Å². The van der Waals surface area contributed by atoms with E-state index in [1.807, 2.05) is 29.7 Å². The summed E-state index contributed by atoms with van der Waals surface area (Å²) in [5.41, 5.74) is 5.16. The fraction of sp³-hybridized carbons (Fsp3) is 0.217. The summed E-state index contributed by atoms with van der Waals surface area (Å²) in [6.07, 6.45) is 1.84. The van der Waals surface area contributed by atoms with Crippen LogP contribution in [-0.4, -0.2) is 25.3 Å². The van der Waals surface area contributed by atoms with Crippen molar-refractivity contribution in [2.75, 3.05) is 5.32 Å². The topological polar surface area (TPSA) is 72.2 Å². The Morgan fingerprint density at radius 3 is 2.34 bits per heavy atom. The standard InChI is InChI=1S/C23H18F3N5O/c1-13-20(15-4-5-15)30-19-9-8-18(12-31(13)19)29-21(32)16-6-2-14(3-7-16)17-10-27-22(28-11-17)23(24,25)26/h2-3,6-12,15H,4-5H2,1H3,(H,29,32). The lowest BCUT2D eigenvalue weighted by Gasteiger charge is -2.08. The lowest BCUT2D eigenvalue weighted by atomic mass is 10.1. The summed E-state index contributed by atoms with van der Waals surface area (Å²) < 4.78 is 39.8. The summed E-state index contributed by atoms with van der Waals surface area (Å²) in [7, 11) is 0. The van der Waals surface area contributed by atoms with E-state index in [0.29, 0.717) is 28.3 Å². The molecule has 1 aliphatic carbocycles. The van der Waals surface area contributed by atoms with Crippen LogP contribution in [0.3, 0.4) is 0 Å². The highest BCUT2D eigenvalue weighted by Crippen LogP contribution is 2.41. The molecule has 0 atom stereocenters. The minimum Gasteiger partial charge on any atom is -0.321 e. The Kier molecular flexibility index (Phi) is 4.69. The predicted octanol–water partition coefficient (Wildman–Crippen LogP) is 5.25. The fourth-order valence-electron chi connectivity index (χ4n) is 3.64. The maximum absolute atomic E-state index is 12.7. The van der Waals surface area contributed by atoms with Crippen molar-refractivity contribution in [1.29, 1.82) is 0 Å². The van der Waals surface area contributed by atoms with Crippen LogP contribution < -0.4 is 5.32 Å². The number of hydrogen-bond donors (Lipinski definition) is 1. The van der Waals surface area contributed by atoms with E-state index in [9.17, 15) is 18.0 Å². The van der Waals surface area contributed by atoms with Gasteiger partial charge in [0.1, 0.15) is 5.65 Å². The van der Waals surface area contributed by atoms with Gasteiger partial charge in [-0.25, -0.2) is 15.0 Å². The number of carbonyl (C=O) groups is 1. The summed E-state index contributed by atoms with van der Waals surface area (Å²) in [6.45, 7) is 2.03. The number of carbonyl (C=O) groups excluding carboxylic acids is 1. The van der Waals surface area contributed by atoms with Crippen LogP contribution in [0.5, 0.6) is 0 Å². The molecule has 0 spiro atoms. The van der Waals surface area contributed by atoms with Crippen LogP contribution in [0.25, 0.3) is 16.8 Å². The molecule has 1 N–H and O–H groups in total. The number of halogens is 3. The molecule has 1 amide bonds. The zero-order chi connectivity index (χ0) is 22.5. The quantitative estimate of drug-likeness (QED) is 0.474. The molecule has 6 nitrogen and oxygen atoms in total. The van der Waals surface area contributed by atoms with E-state index in [1.165, 1.54) is 12.8 Å². The maximum atomic E-state index is 12.7. The normalized spacial score (nSPS) is 14.0. The number of alkyl halides is 3. The Morgan fingerprint density at radius 2 is 1.72 bits per heavy atom. The molecular weight excluding hydrogens is 419 g/mol. The Hall–Kier alpha value is -3.75. The van der Waals surface area contributed by atoms with Crippen LogP contribution in [0.1, 0.15) is 46.3 Å². The monoisotopic (exact) mass is 437 g/mol. The molecule has 0 saturated heterocycles. The van der Waals surface area contributed by atoms with Gasteiger partial charge in [-0.1, -0.05) is 12.1 Å². The molecular formula is C23H18F3N5O. The molecule has 0 aliphatic heterocycles. The molecule has 162 valence electrons. The lowest BCUT2D eigenvalue weighted by Crippen LogP contribution is -2.12. The van der Waals surface area contributed by atoms with E-state index in [1.54, 1.807) is 24.3 Å². The van der Waals surface area contributed by atoms with E-state index in [4.69, 9.17) is 0 Å². The van der Waals surface area contributed by atoms with Crippen molar-refractivity contribution in [2.24, 2.45) is 0 Å². The average molecular weight is 437 g/mol. The van der Waals surface area contributed by atoms with Gasteiger partial charge >= 0.3 is 6.18 Å². The number of imidazole rings is 1. The van der Waals surface area contributed by atoms with Crippen molar-refractivity contribution >= 4 is 17.2 Å². The summed E-state index contributed by atoms with van der Waals surface area (Å²) in [5.74, 6) is -0.937. The van der Waals surface area contributed by atoms with Crippen LogP contribution in [0, 0.1) is 6.92 Å².